The third-order valence-electron chi connectivity index (χ3n) is 3.37. The first-order valence-corrected chi connectivity index (χ1v) is 6.50. The lowest BCUT2D eigenvalue weighted by Crippen LogP contribution is -2.27. The lowest BCUT2D eigenvalue weighted by Gasteiger charge is -2.15. The number of carbonyl (C=O) groups excluding carboxylic acids is 1. The summed E-state index contributed by atoms with van der Waals surface area (Å²) in [5.41, 5.74) is 2.11. The topological polar surface area (TPSA) is 49.0 Å². The molecule has 1 aliphatic rings. The molecule has 18 heavy (non-hydrogen) atoms. The fourth-order valence-corrected chi connectivity index (χ4v) is 2.73. The van der Waals surface area contributed by atoms with Gasteiger partial charge in [0.2, 0.25) is 5.91 Å². The predicted octanol–water partition coefficient (Wildman–Crippen LogP) is 1.95. The number of H-pyrrole nitrogens is 1. The van der Waals surface area contributed by atoms with E-state index in [9.17, 15) is 4.79 Å². The monoisotopic (exact) mass is 263 g/mol. The van der Waals surface area contributed by atoms with Crippen LogP contribution in [-0.4, -0.2) is 39.2 Å². The minimum Gasteiger partial charge on any atom is -0.346 e. The van der Waals surface area contributed by atoms with Crippen LogP contribution in [0.25, 0.3) is 11.0 Å². The molecule has 1 aliphatic heterocycles. The summed E-state index contributed by atoms with van der Waals surface area (Å²) in [4.78, 5) is 20.8. The summed E-state index contributed by atoms with van der Waals surface area (Å²) in [7, 11) is 0. The van der Waals surface area contributed by atoms with E-state index in [0.29, 0.717) is 13.0 Å². The Morgan fingerprint density at radius 2 is 2.39 bits per heavy atom. The minimum absolute atomic E-state index is 0.0257. The molecular formula is C13H14ClN3O. The average molecular weight is 264 g/mol. The second-order valence-electron chi connectivity index (χ2n) is 4.60. The van der Waals surface area contributed by atoms with Crippen molar-refractivity contribution in [1.82, 2.24) is 14.9 Å². The SMILES string of the molecule is O=C1CC(Cl)CN1CCc1ccnc2[nH]ccc12. The quantitative estimate of drug-likeness (QED) is 0.861. The van der Waals surface area contributed by atoms with Gasteiger partial charge in [0.05, 0.1) is 5.38 Å². The van der Waals surface area contributed by atoms with Gasteiger partial charge in [0, 0.05) is 37.3 Å². The largest absolute Gasteiger partial charge is 0.346 e. The molecule has 1 amide bonds. The number of halogens is 1. The van der Waals surface area contributed by atoms with Crippen LogP contribution in [0, 0.1) is 0 Å². The Labute approximate surface area is 110 Å². The van der Waals surface area contributed by atoms with E-state index in [-0.39, 0.29) is 11.3 Å². The second kappa shape index (κ2) is 4.61. The number of carbonyl (C=O) groups is 1. The van der Waals surface area contributed by atoms with Gasteiger partial charge >= 0.3 is 0 Å². The number of pyridine rings is 1. The summed E-state index contributed by atoms with van der Waals surface area (Å²) in [6.45, 7) is 1.40. The van der Waals surface area contributed by atoms with Crippen LogP contribution < -0.4 is 0 Å². The van der Waals surface area contributed by atoms with Crippen molar-refractivity contribution in [2.75, 3.05) is 13.1 Å². The zero-order valence-electron chi connectivity index (χ0n) is 9.90. The summed E-state index contributed by atoms with van der Waals surface area (Å²) < 4.78 is 0. The maximum Gasteiger partial charge on any atom is 0.224 e. The number of hydrogen-bond donors (Lipinski definition) is 1. The molecule has 2 aromatic heterocycles. The lowest BCUT2D eigenvalue weighted by atomic mass is 10.1. The third kappa shape index (κ3) is 2.08. The molecular weight excluding hydrogens is 250 g/mol. The van der Waals surface area contributed by atoms with Crippen LogP contribution in [0.1, 0.15) is 12.0 Å². The van der Waals surface area contributed by atoms with E-state index in [1.807, 2.05) is 23.2 Å². The molecule has 0 aromatic carbocycles. The van der Waals surface area contributed by atoms with Crippen molar-refractivity contribution >= 4 is 28.5 Å². The number of likely N-dealkylation sites (tertiary alicyclic amines) is 1. The van der Waals surface area contributed by atoms with Gasteiger partial charge in [0.25, 0.3) is 0 Å². The molecule has 0 bridgehead atoms. The molecule has 0 aliphatic carbocycles. The van der Waals surface area contributed by atoms with Crippen LogP contribution in [0.4, 0.5) is 0 Å². The standard InChI is InChI=1S/C13H14ClN3O/c14-10-7-12(18)17(8-10)6-3-9-1-4-15-13-11(9)2-5-16-13/h1-2,4-5,10H,3,6-8H2,(H,15,16). The number of aromatic amines is 1. The van der Waals surface area contributed by atoms with Crippen LogP contribution in [0.3, 0.4) is 0 Å². The Balaban J connectivity index is 1.73. The molecule has 2 aromatic rings. The van der Waals surface area contributed by atoms with Crippen molar-refractivity contribution in [2.24, 2.45) is 0 Å². The molecule has 0 spiro atoms. The van der Waals surface area contributed by atoms with E-state index >= 15 is 0 Å². The first-order chi connectivity index (χ1) is 8.74. The molecule has 0 radical (unpaired) electrons. The zero-order chi connectivity index (χ0) is 12.5. The Hall–Kier alpha value is -1.55. The number of fused-ring (bicyclic) bond motifs is 1. The lowest BCUT2D eigenvalue weighted by molar-refractivity contribution is -0.127. The summed E-state index contributed by atoms with van der Waals surface area (Å²) in [6, 6.07) is 4.03. The first-order valence-electron chi connectivity index (χ1n) is 6.07. The predicted molar refractivity (Wildman–Crippen MR) is 70.6 cm³/mol. The number of nitrogens with one attached hydrogen (secondary N) is 1. The molecule has 3 heterocycles. The van der Waals surface area contributed by atoms with Gasteiger partial charge in [0.1, 0.15) is 5.65 Å². The van der Waals surface area contributed by atoms with Crippen molar-refractivity contribution in [2.45, 2.75) is 18.2 Å². The fourth-order valence-electron chi connectivity index (χ4n) is 2.43. The van der Waals surface area contributed by atoms with Crippen molar-refractivity contribution in [1.29, 1.82) is 0 Å². The van der Waals surface area contributed by atoms with Gasteiger partial charge in [-0.1, -0.05) is 0 Å². The molecule has 0 saturated carbocycles. The highest BCUT2D eigenvalue weighted by atomic mass is 35.5. The van der Waals surface area contributed by atoms with Gasteiger partial charge in [-0.25, -0.2) is 4.98 Å². The van der Waals surface area contributed by atoms with E-state index < -0.39 is 0 Å². The third-order valence-corrected chi connectivity index (χ3v) is 3.66. The highest BCUT2D eigenvalue weighted by Crippen LogP contribution is 2.19. The maximum absolute atomic E-state index is 11.6. The van der Waals surface area contributed by atoms with Gasteiger partial charge in [-0.05, 0) is 24.1 Å². The van der Waals surface area contributed by atoms with Gasteiger partial charge in [-0.15, -0.1) is 11.6 Å². The van der Waals surface area contributed by atoms with E-state index in [0.717, 1.165) is 24.0 Å². The van der Waals surface area contributed by atoms with Crippen LogP contribution in [0.15, 0.2) is 24.5 Å². The van der Waals surface area contributed by atoms with Gasteiger partial charge in [-0.3, -0.25) is 4.79 Å². The molecule has 1 fully saturated rings. The summed E-state index contributed by atoms with van der Waals surface area (Å²) in [5.74, 6) is 0.161. The summed E-state index contributed by atoms with van der Waals surface area (Å²) in [5, 5.41) is 1.11. The maximum atomic E-state index is 11.6. The molecule has 3 rings (SSSR count). The zero-order valence-corrected chi connectivity index (χ0v) is 10.7. The van der Waals surface area contributed by atoms with Crippen LogP contribution >= 0.6 is 11.6 Å². The Kier molecular flexibility index (Phi) is 2.96. The Bertz CT molecular complexity index is 580. The highest BCUT2D eigenvalue weighted by Gasteiger charge is 2.27. The van der Waals surface area contributed by atoms with E-state index in [1.54, 1.807) is 6.20 Å². The number of alkyl halides is 1. The molecule has 94 valence electrons. The van der Waals surface area contributed by atoms with Crippen molar-refractivity contribution < 1.29 is 4.79 Å². The van der Waals surface area contributed by atoms with Crippen LogP contribution in [0.2, 0.25) is 0 Å². The van der Waals surface area contributed by atoms with Gasteiger partial charge < -0.3 is 9.88 Å². The number of hydrogen-bond acceptors (Lipinski definition) is 2. The molecule has 4 nitrogen and oxygen atoms in total. The first kappa shape index (κ1) is 11.5. The summed E-state index contributed by atoms with van der Waals surface area (Å²) in [6.07, 6.45) is 4.99. The van der Waals surface area contributed by atoms with Crippen LogP contribution in [-0.2, 0) is 11.2 Å². The normalized spacial score (nSPS) is 19.9. The van der Waals surface area contributed by atoms with Crippen molar-refractivity contribution in [3.63, 3.8) is 0 Å². The average Bonchev–Trinajstić information content (AvgIpc) is 2.93. The van der Waals surface area contributed by atoms with Gasteiger partial charge in [0.15, 0.2) is 0 Å². The minimum atomic E-state index is -0.0257. The van der Waals surface area contributed by atoms with Gasteiger partial charge in [-0.2, -0.15) is 0 Å². The molecule has 1 N–H and O–H groups in total. The van der Waals surface area contributed by atoms with E-state index in [1.165, 1.54) is 5.56 Å². The van der Waals surface area contributed by atoms with Crippen molar-refractivity contribution in [3.8, 4) is 0 Å². The molecule has 1 saturated heterocycles. The number of nitrogens with zero attached hydrogens (tertiary/aromatic N) is 2. The van der Waals surface area contributed by atoms with E-state index in [4.69, 9.17) is 11.6 Å². The summed E-state index contributed by atoms with van der Waals surface area (Å²) >= 11 is 5.98. The molecule has 1 atom stereocenters. The van der Waals surface area contributed by atoms with Crippen molar-refractivity contribution in [3.05, 3.63) is 30.1 Å². The molecule has 1 unspecified atom stereocenters. The number of amides is 1. The highest BCUT2D eigenvalue weighted by molar-refractivity contribution is 6.22. The fraction of sp³-hybridized carbons (Fsp3) is 0.385. The Morgan fingerprint density at radius 1 is 1.50 bits per heavy atom. The number of aromatic nitrogens is 2. The smallest absolute Gasteiger partial charge is 0.224 e. The van der Waals surface area contributed by atoms with E-state index in [2.05, 4.69) is 9.97 Å². The number of rotatable bonds is 3. The Morgan fingerprint density at radius 3 is 3.17 bits per heavy atom. The second-order valence-corrected chi connectivity index (χ2v) is 5.22. The van der Waals surface area contributed by atoms with Crippen LogP contribution in [0.5, 0.6) is 0 Å². The molecule has 5 heteroatoms.